The summed E-state index contributed by atoms with van der Waals surface area (Å²) in [7, 11) is 0. The molecule has 1 atom stereocenters. The summed E-state index contributed by atoms with van der Waals surface area (Å²) in [5.74, 6) is -5.41. The highest BCUT2D eigenvalue weighted by Crippen LogP contribution is 2.31. The molecule has 0 aliphatic carbocycles. The molecule has 1 rings (SSSR count). The molecule has 0 fully saturated rings. The third kappa shape index (κ3) is 3.14. The van der Waals surface area contributed by atoms with E-state index in [1.807, 2.05) is 0 Å². The van der Waals surface area contributed by atoms with Crippen LogP contribution in [0.3, 0.4) is 0 Å². The van der Waals surface area contributed by atoms with Gasteiger partial charge >= 0.3 is 11.9 Å². The molecule has 1 aromatic carbocycles. The molecule has 1 aromatic rings. The number of hydrogen-bond acceptors (Lipinski definition) is 3. The summed E-state index contributed by atoms with van der Waals surface area (Å²) in [6.07, 6.45) is 0. The molecular weight excluding hydrogens is 252 g/mol. The Labute approximate surface area is 103 Å². The zero-order chi connectivity index (χ0) is 13.1. The van der Waals surface area contributed by atoms with Gasteiger partial charge in [0.05, 0.1) is 6.61 Å². The Bertz CT molecular complexity index is 412. The highest BCUT2D eigenvalue weighted by molar-refractivity contribution is 6.30. The van der Waals surface area contributed by atoms with Gasteiger partial charge in [-0.05, 0) is 24.6 Å². The number of esters is 1. The fourth-order valence-electron chi connectivity index (χ4n) is 1.26. The van der Waals surface area contributed by atoms with E-state index in [-0.39, 0.29) is 17.2 Å². The predicted molar refractivity (Wildman–Crippen MR) is 60.0 cm³/mol. The van der Waals surface area contributed by atoms with Crippen LogP contribution in [0.5, 0.6) is 0 Å². The minimum atomic E-state index is -3.78. The first-order chi connectivity index (χ1) is 7.89. The van der Waals surface area contributed by atoms with E-state index < -0.39 is 17.9 Å². The summed E-state index contributed by atoms with van der Waals surface area (Å²) in [4.78, 5) is 11.1. The molecule has 3 nitrogen and oxygen atoms in total. The summed E-state index contributed by atoms with van der Waals surface area (Å²) in [5.41, 5.74) is 5.44. The van der Waals surface area contributed by atoms with Gasteiger partial charge in [-0.2, -0.15) is 8.78 Å². The van der Waals surface area contributed by atoms with E-state index in [0.29, 0.717) is 0 Å². The van der Waals surface area contributed by atoms with E-state index in [1.165, 1.54) is 31.2 Å². The monoisotopic (exact) mass is 263 g/mol. The van der Waals surface area contributed by atoms with Crippen LogP contribution < -0.4 is 5.73 Å². The van der Waals surface area contributed by atoms with Crippen LogP contribution in [-0.4, -0.2) is 18.5 Å². The van der Waals surface area contributed by atoms with E-state index in [2.05, 4.69) is 4.74 Å². The first kappa shape index (κ1) is 13.9. The molecule has 94 valence electrons. The minimum absolute atomic E-state index is 0.0792. The van der Waals surface area contributed by atoms with Gasteiger partial charge in [-0.3, -0.25) is 0 Å². The van der Waals surface area contributed by atoms with Crippen molar-refractivity contribution in [2.45, 2.75) is 18.9 Å². The van der Waals surface area contributed by atoms with Crippen molar-refractivity contribution in [3.05, 3.63) is 34.9 Å². The summed E-state index contributed by atoms with van der Waals surface area (Å²) in [6.45, 7) is 1.32. The van der Waals surface area contributed by atoms with Gasteiger partial charge in [-0.1, -0.05) is 23.7 Å². The average molecular weight is 264 g/mol. The Kier molecular flexibility index (Phi) is 4.42. The summed E-state index contributed by atoms with van der Waals surface area (Å²) >= 11 is 5.66. The SMILES string of the molecule is CCOC(=O)C(F)(F)[C@H](N)c1cccc(Cl)c1. The molecule has 0 amide bonds. The molecule has 0 aromatic heterocycles. The van der Waals surface area contributed by atoms with Crippen molar-refractivity contribution < 1.29 is 18.3 Å². The normalized spacial score (nSPS) is 13.2. The molecule has 0 saturated carbocycles. The van der Waals surface area contributed by atoms with E-state index in [1.54, 1.807) is 0 Å². The minimum Gasteiger partial charge on any atom is -0.462 e. The van der Waals surface area contributed by atoms with E-state index in [0.717, 1.165) is 0 Å². The van der Waals surface area contributed by atoms with Gasteiger partial charge in [0.1, 0.15) is 6.04 Å². The second-order valence-corrected chi connectivity index (χ2v) is 3.81. The first-order valence-corrected chi connectivity index (χ1v) is 5.33. The molecule has 0 bridgehead atoms. The number of hydrogen-bond donors (Lipinski definition) is 1. The molecule has 17 heavy (non-hydrogen) atoms. The van der Waals surface area contributed by atoms with E-state index in [4.69, 9.17) is 17.3 Å². The van der Waals surface area contributed by atoms with Crippen molar-refractivity contribution >= 4 is 17.6 Å². The predicted octanol–water partition coefficient (Wildman–Crippen LogP) is 2.54. The molecule has 0 saturated heterocycles. The maximum Gasteiger partial charge on any atom is 0.379 e. The van der Waals surface area contributed by atoms with Gasteiger partial charge < -0.3 is 10.5 Å². The van der Waals surface area contributed by atoms with Crippen LogP contribution in [0.15, 0.2) is 24.3 Å². The molecule has 0 aliphatic rings. The van der Waals surface area contributed by atoms with Crippen LogP contribution in [0.25, 0.3) is 0 Å². The molecule has 0 unspecified atom stereocenters. The Morgan fingerprint density at radius 3 is 2.76 bits per heavy atom. The van der Waals surface area contributed by atoms with Crippen LogP contribution in [-0.2, 0) is 9.53 Å². The number of alkyl halides is 2. The zero-order valence-electron chi connectivity index (χ0n) is 9.12. The average Bonchev–Trinajstić information content (AvgIpc) is 2.28. The molecular formula is C11H12ClF2NO2. The third-order valence-corrected chi connectivity index (χ3v) is 2.38. The second-order valence-electron chi connectivity index (χ2n) is 3.38. The van der Waals surface area contributed by atoms with Gasteiger partial charge in [0.25, 0.3) is 0 Å². The van der Waals surface area contributed by atoms with Crippen molar-refractivity contribution in [1.29, 1.82) is 0 Å². The maximum atomic E-state index is 13.6. The second kappa shape index (κ2) is 5.42. The fraction of sp³-hybridized carbons (Fsp3) is 0.364. The number of ether oxygens (including phenoxy) is 1. The van der Waals surface area contributed by atoms with Crippen molar-refractivity contribution in [2.75, 3.05) is 6.61 Å². The molecule has 0 spiro atoms. The fourth-order valence-corrected chi connectivity index (χ4v) is 1.46. The van der Waals surface area contributed by atoms with Crippen molar-refractivity contribution in [3.63, 3.8) is 0 Å². The van der Waals surface area contributed by atoms with E-state index in [9.17, 15) is 13.6 Å². The molecule has 2 N–H and O–H groups in total. The standard InChI is InChI=1S/C11H12ClF2NO2/c1-2-17-10(16)11(13,14)9(15)7-4-3-5-8(12)6-7/h3-6,9H,2,15H2,1H3/t9-/m1/s1. The first-order valence-electron chi connectivity index (χ1n) is 4.95. The van der Waals surface area contributed by atoms with Crippen LogP contribution in [0.2, 0.25) is 5.02 Å². The van der Waals surface area contributed by atoms with Crippen LogP contribution >= 0.6 is 11.6 Å². The van der Waals surface area contributed by atoms with Gasteiger partial charge in [-0.25, -0.2) is 4.79 Å². The van der Waals surface area contributed by atoms with E-state index >= 15 is 0 Å². The quantitative estimate of drug-likeness (QED) is 0.850. The Morgan fingerprint density at radius 2 is 2.24 bits per heavy atom. The number of nitrogens with two attached hydrogens (primary N) is 1. The lowest BCUT2D eigenvalue weighted by Crippen LogP contribution is -2.41. The summed E-state index contributed by atoms with van der Waals surface area (Å²) in [5, 5.41) is 0.276. The summed E-state index contributed by atoms with van der Waals surface area (Å²) in [6, 6.07) is 3.91. The lowest BCUT2D eigenvalue weighted by molar-refractivity contribution is -0.174. The number of halogens is 3. The number of carbonyl (C=O) groups excluding carboxylic acids is 1. The van der Waals surface area contributed by atoms with Gasteiger partial charge in [-0.15, -0.1) is 0 Å². The highest BCUT2D eigenvalue weighted by Gasteiger charge is 2.47. The van der Waals surface area contributed by atoms with Crippen LogP contribution in [0.1, 0.15) is 18.5 Å². The lowest BCUT2D eigenvalue weighted by Gasteiger charge is -2.21. The Hall–Kier alpha value is -1.20. The van der Waals surface area contributed by atoms with Crippen molar-refractivity contribution in [1.82, 2.24) is 0 Å². The lowest BCUT2D eigenvalue weighted by atomic mass is 10.0. The van der Waals surface area contributed by atoms with Crippen LogP contribution in [0, 0.1) is 0 Å². The number of benzene rings is 1. The zero-order valence-corrected chi connectivity index (χ0v) is 9.88. The third-order valence-electron chi connectivity index (χ3n) is 2.15. The summed E-state index contributed by atoms with van der Waals surface area (Å²) < 4.78 is 31.4. The van der Waals surface area contributed by atoms with Gasteiger partial charge in [0.2, 0.25) is 0 Å². The van der Waals surface area contributed by atoms with Crippen molar-refractivity contribution in [2.24, 2.45) is 5.73 Å². The maximum absolute atomic E-state index is 13.6. The number of rotatable bonds is 4. The van der Waals surface area contributed by atoms with Gasteiger partial charge in [0.15, 0.2) is 0 Å². The number of carbonyl (C=O) groups is 1. The van der Waals surface area contributed by atoms with Crippen molar-refractivity contribution in [3.8, 4) is 0 Å². The molecule has 0 radical (unpaired) electrons. The topological polar surface area (TPSA) is 52.3 Å². The Balaban J connectivity index is 2.95. The highest BCUT2D eigenvalue weighted by atomic mass is 35.5. The smallest absolute Gasteiger partial charge is 0.379 e. The largest absolute Gasteiger partial charge is 0.462 e. The Morgan fingerprint density at radius 1 is 1.59 bits per heavy atom. The molecule has 0 heterocycles. The van der Waals surface area contributed by atoms with Gasteiger partial charge in [0, 0.05) is 5.02 Å². The molecule has 6 heteroatoms. The molecule has 0 aliphatic heterocycles. The van der Waals surface area contributed by atoms with Crippen LogP contribution in [0.4, 0.5) is 8.78 Å².